The molecule has 0 bridgehead atoms. The molecule has 2 amide bonds. The van der Waals surface area contributed by atoms with Crippen LogP contribution in [0.3, 0.4) is 0 Å². The number of carbonyl (C=O) groups excluding carboxylic acids is 4. The monoisotopic (exact) mass is 1060 g/mol. The van der Waals surface area contributed by atoms with Crippen molar-refractivity contribution in [3.63, 3.8) is 0 Å². The zero-order chi connectivity index (χ0) is 54.6. The number of tetrazole rings is 2. The normalized spacial score (nSPS) is 11.3. The summed E-state index contributed by atoms with van der Waals surface area (Å²) >= 11 is 3.39. The fourth-order valence-electron chi connectivity index (χ4n) is 7.65. The van der Waals surface area contributed by atoms with Gasteiger partial charge in [0.15, 0.2) is 12.6 Å². The largest absolute Gasteiger partial charge is 0.442 e. The average molecular weight is 1060 g/mol. The Morgan fingerprint density at radius 3 is 1.46 bits per heavy atom. The summed E-state index contributed by atoms with van der Waals surface area (Å²) in [6.45, 7) is 19.4. The van der Waals surface area contributed by atoms with Crippen LogP contribution in [0.25, 0.3) is 45.0 Å². The molecule has 8 aromatic rings. The highest BCUT2D eigenvalue weighted by atomic mass is 32.2. The van der Waals surface area contributed by atoms with E-state index in [4.69, 9.17) is 9.47 Å². The number of benzene rings is 6. The van der Waals surface area contributed by atoms with Crippen LogP contribution in [0, 0.1) is 13.8 Å². The fourth-order valence-corrected chi connectivity index (χ4v) is 9.68. The van der Waals surface area contributed by atoms with Gasteiger partial charge in [-0.1, -0.05) is 162 Å². The predicted molar refractivity (Wildman–Crippen MR) is 299 cm³/mol. The minimum Gasteiger partial charge on any atom is -0.442 e. The lowest BCUT2D eigenvalue weighted by atomic mass is 9.98. The second-order valence-electron chi connectivity index (χ2n) is 19.9. The number of ether oxygens (including phenoxy) is 2. The van der Waals surface area contributed by atoms with E-state index in [1.54, 1.807) is 23.5 Å². The zero-order valence-electron chi connectivity index (χ0n) is 44.4. The van der Waals surface area contributed by atoms with Crippen LogP contribution in [0.5, 0.6) is 0 Å². The fraction of sp³-hybridized carbons (Fsp3) is 0.276. The van der Waals surface area contributed by atoms with Gasteiger partial charge in [-0.15, -0.1) is 43.6 Å². The van der Waals surface area contributed by atoms with Crippen molar-refractivity contribution in [1.82, 2.24) is 40.4 Å². The minimum absolute atomic E-state index is 0.0414. The first-order valence-electron chi connectivity index (χ1n) is 24.5. The van der Waals surface area contributed by atoms with E-state index in [9.17, 15) is 19.2 Å². The molecule has 0 saturated carbocycles. The molecule has 16 nitrogen and oxygen atoms in total. The van der Waals surface area contributed by atoms with E-state index in [-0.39, 0.29) is 47.6 Å². The molecule has 2 aromatic heterocycles. The summed E-state index contributed by atoms with van der Waals surface area (Å²) in [7, 11) is 0. The van der Waals surface area contributed by atoms with Crippen LogP contribution >= 0.6 is 23.5 Å². The Hall–Kier alpha value is -7.96. The summed E-state index contributed by atoms with van der Waals surface area (Å²) in [5.74, 6) is -0.122. The van der Waals surface area contributed by atoms with Crippen molar-refractivity contribution < 1.29 is 28.7 Å². The van der Waals surface area contributed by atoms with Gasteiger partial charge in [0.2, 0.25) is 24.4 Å². The Labute approximate surface area is 451 Å². The molecule has 0 radical (unpaired) electrons. The third-order valence-corrected chi connectivity index (χ3v) is 13.4. The molecule has 0 aliphatic heterocycles. The number of carbonyl (C=O) groups is 4. The molecule has 2 heterocycles. The average Bonchev–Trinajstić information content (AvgIpc) is 4.06. The molecule has 2 N–H and O–H groups in total. The molecule has 0 aliphatic rings. The van der Waals surface area contributed by atoms with Crippen molar-refractivity contribution in [3.05, 3.63) is 156 Å². The SMILES string of the molecule is CC(=O)OCn1nnc(-c2ccccc2-c2ccc(SC(C)(C)C)c(NC(=O)Cc3ccc(C)cc3)c2)n1.CC(=O)OCn1nnnc1-c1ccccc1-c1ccc(SC(C)(C)C)c(NC(=O)Cc2ccc(C)cc2)c1. The Morgan fingerprint density at radius 1 is 0.539 bits per heavy atom. The van der Waals surface area contributed by atoms with Crippen LogP contribution in [-0.4, -0.2) is 73.7 Å². The molecular weight excluding hydrogens is 997 g/mol. The van der Waals surface area contributed by atoms with E-state index >= 15 is 0 Å². The van der Waals surface area contributed by atoms with Gasteiger partial charge in [0.05, 0.1) is 24.2 Å². The van der Waals surface area contributed by atoms with E-state index in [2.05, 4.69) is 83.1 Å². The summed E-state index contributed by atoms with van der Waals surface area (Å²) < 4.78 is 11.4. The number of anilines is 2. The van der Waals surface area contributed by atoms with Gasteiger partial charge in [-0.2, -0.15) is 4.68 Å². The second kappa shape index (κ2) is 25.0. The molecule has 0 saturated heterocycles. The number of amides is 2. The second-order valence-corrected chi connectivity index (χ2v) is 23.6. The molecule has 0 atom stereocenters. The van der Waals surface area contributed by atoms with Crippen molar-refractivity contribution in [3.8, 4) is 45.0 Å². The van der Waals surface area contributed by atoms with Crippen LogP contribution < -0.4 is 10.6 Å². The highest BCUT2D eigenvalue weighted by Gasteiger charge is 2.22. The number of aromatic nitrogens is 8. The quantitative estimate of drug-likeness (QED) is 0.0684. The van der Waals surface area contributed by atoms with E-state index in [0.29, 0.717) is 11.6 Å². The Balaban J connectivity index is 0.000000221. The van der Waals surface area contributed by atoms with Crippen LogP contribution in [0.4, 0.5) is 11.4 Å². The number of rotatable bonds is 16. The highest BCUT2D eigenvalue weighted by Crippen LogP contribution is 2.42. The van der Waals surface area contributed by atoms with Gasteiger partial charge in [-0.05, 0) is 87.1 Å². The summed E-state index contributed by atoms with van der Waals surface area (Å²) in [6.07, 6.45) is 0.571. The Morgan fingerprint density at radius 2 is 0.987 bits per heavy atom. The molecule has 392 valence electrons. The molecule has 76 heavy (non-hydrogen) atoms. The zero-order valence-corrected chi connectivity index (χ0v) is 46.0. The summed E-state index contributed by atoms with van der Waals surface area (Å²) in [4.78, 5) is 51.8. The number of thioether (sulfide) groups is 2. The maximum atomic E-state index is 13.1. The standard InChI is InChI=1S/2C29H31N5O3S/c1-19-10-12-21(13-11-19)16-27(36)30-25-17-22(14-15-26(25)38-29(3,4)5)23-8-6-7-9-24(23)28-31-32-33-34(28)18-37-20(2)35;1-19-10-12-21(13-11-19)16-27(36)30-25-17-22(14-15-26(25)38-29(3,4)5)23-8-6-7-9-24(23)28-31-33-34(32-28)18-37-20(2)35/h2*6-15,17H,16,18H2,1-5H3,(H,30,36). The molecule has 0 unspecified atom stereocenters. The van der Waals surface area contributed by atoms with Crippen LogP contribution in [0.15, 0.2) is 143 Å². The van der Waals surface area contributed by atoms with E-state index in [1.807, 2.05) is 147 Å². The van der Waals surface area contributed by atoms with Crippen molar-refractivity contribution in [1.29, 1.82) is 0 Å². The lowest BCUT2D eigenvalue weighted by Crippen LogP contribution is -2.16. The third-order valence-electron chi connectivity index (χ3n) is 11.0. The van der Waals surface area contributed by atoms with Gasteiger partial charge in [-0.3, -0.25) is 19.2 Å². The van der Waals surface area contributed by atoms with Gasteiger partial charge >= 0.3 is 11.9 Å². The Kier molecular flexibility index (Phi) is 18.4. The van der Waals surface area contributed by atoms with Gasteiger partial charge in [0.25, 0.3) is 0 Å². The number of nitrogens with zero attached hydrogens (tertiary/aromatic N) is 8. The molecule has 0 spiro atoms. The number of esters is 2. The molecule has 0 aliphatic carbocycles. The van der Waals surface area contributed by atoms with Crippen LogP contribution in [0.1, 0.15) is 77.6 Å². The maximum absolute atomic E-state index is 13.1. The molecule has 18 heteroatoms. The lowest BCUT2D eigenvalue weighted by Gasteiger charge is -2.21. The number of aryl methyl sites for hydroxylation is 2. The third kappa shape index (κ3) is 16.3. The minimum atomic E-state index is -0.422. The van der Waals surface area contributed by atoms with E-state index in [0.717, 1.165) is 76.8 Å². The Bertz CT molecular complexity index is 3320. The summed E-state index contributed by atoms with van der Waals surface area (Å²) in [5, 5.41) is 30.7. The lowest BCUT2D eigenvalue weighted by molar-refractivity contribution is -0.146. The van der Waals surface area contributed by atoms with Crippen LogP contribution in [0.2, 0.25) is 0 Å². The summed E-state index contributed by atoms with van der Waals surface area (Å²) in [6, 6.07) is 43.5. The molecule has 0 fully saturated rings. The number of nitrogens with one attached hydrogen (secondary N) is 2. The van der Waals surface area contributed by atoms with Crippen molar-refractivity contribution >= 4 is 58.7 Å². The van der Waals surface area contributed by atoms with Crippen molar-refractivity contribution in [2.75, 3.05) is 10.6 Å². The van der Waals surface area contributed by atoms with Gasteiger partial charge in [-0.25, -0.2) is 0 Å². The van der Waals surface area contributed by atoms with Crippen LogP contribution in [-0.2, 0) is 55.0 Å². The summed E-state index contributed by atoms with van der Waals surface area (Å²) in [5.41, 5.74) is 10.8. The van der Waals surface area contributed by atoms with Crippen molar-refractivity contribution in [2.24, 2.45) is 0 Å². The first-order valence-corrected chi connectivity index (χ1v) is 26.2. The number of hydrogen-bond donors (Lipinski definition) is 2. The van der Waals surface area contributed by atoms with E-state index in [1.165, 1.54) is 23.3 Å². The van der Waals surface area contributed by atoms with E-state index < -0.39 is 11.9 Å². The van der Waals surface area contributed by atoms with Gasteiger partial charge in [0, 0.05) is 44.3 Å². The first kappa shape index (κ1) is 55.8. The number of hydrogen-bond acceptors (Lipinski definition) is 14. The van der Waals surface area contributed by atoms with Gasteiger partial charge < -0.3 is 20.1 Å². The first-order chi connectivity index (χ1) is 36.2. The smallest absolute Gasteiger partial charge is 0.304 e. The van der Waals surface area contributed by atoms with Gasteiger partial charge in [0.1, 0.15) is 0 Å². The van der Waals surface area contributed by atoms with Crippen molar-refractivity contribution in [2.45, 2.75) is 115 Å². The molecular formula is C58H62N10O6S2. The maximum Gasteiger partial charge on any atom is 0.304 e. The predicted octanol–water partition coefficient (Wildman–Crippen LogP) is 11.8. The molecule has 8 rings (SSSR count). The highest BCUT2D eigenvalue weighted by molar-refractivity contribution is 8.01. The molecule has 6 aromatic carbocycles. The topological polar surface area (TPSA) is 198 Å².